The lowest BCUT2D eigenvalue weighted by molar-refractivity contribution is -0.133. The van der Waals surface area contributed by atoms with Crippen LogP contribution in [0.1, 0.15) is 44.9 Å². The van der Waals surface area contributed by atoms with Crippen LogP contribution in [0, 0.1) is 0 Å². The molecule has 3 fully saturated rings. The van der Waals surface area contributed by atoms with Crippen molar-refractivity contribution in [3.05, 3.63) is 0 Å². The summed E-state index contributed by atoms with van der Waals surface area (Å²) in [6.45, 7) is 6.63. The highest BCUT2D eigenvalue weighted by Gasteiger charge is 2.24. The van der Waals surface area contributed by atoms with E-state index in [1.54, 1.807) is 7.05 Å². The number of nitrogens with one attached hydrogen (secondary N) is 2. The molecule has 0 radical (unpaired) electrons. The van der Waals surface area contributed by atoms with E-state index in [0.717, 1.165) is 83.9 Å². The van der Waals surface area contributed by atoms with Crippen LogP contribution in [0.3, 0.4) is 0 Å². The predicted octanol–water partition coefficient (Wildman–Crippen LogP) is 0.251. The van der Waals surface area contributed by atoms with E-state index >= 15 is 0 Å². The fraction of sp³-hybridized carbons (Fsp3) is 0.850. The maximum atomic E-state index is 12.4. The van der Waals surface area contributed by atoms with Crippen molar-refractivity contribution in [2.75, 3.05) is 59.4 Å². The molecule has 2 heterocycles. The molecular weight excluding hydrogens is 356 g/mol. The fourth-order valence-corrected chi connectivity index (χ4v) is 3.86. The number of carbonyl (C=O) groups is 2. The summed E-state index contributed by atoms with van der Waals surface area (Å²) in [6.07, 6.45) is 7.17. The summed E-state index contributed by atoms with van der Waals surface area (Å²) in [6, 6.07) is 0.436. The van der Waals surface area contributed by atoms with Crippen LogP contribution in [-0.4, -0.2) is 97.9 Å². The van der Waals surface area contributed by atoms with E-state index in [-0.39, 0.29) is 11.8 Å². The lowest BCUT2D eigenvalue weighted by atomic mass is 10.1. The number of piperidine rings is 1. The summed E-state index contributed by atoms with van der Waals surface area (Å²) in [5, 5.41) is 6.39. The molecule has 3 rings (SSSR count). The Morgan fingerprint density at radius 2 is 1.68 bits per heavy atom. The van der Waals surface area contributed by atoms with Crippen molar-refractivity contribution in [1.82, 2.24) is 25.3 Å². The first-order chi connectivity index (χ1) is 13.7. The molecule has 28 heavy (non-hydrogen) atoms. The standard InChI is InChI=1S/C20H36N6O2/c1-21-20(22-9-5-6-18(27)23-17-7-8-17)26-14-12-24(13-15-26)16-19(28)25-10-3-2-4-11-25/h17H,2-16H2,1H3,(H,21,22)(H,23,27). The third-order valence-electron chi connectivity index (χ3n) is 5.76. The Labute approximate surface area is 168 Å². The minimum Gasteiger partial charge on any atom is -0.356 e. The Kier molecular flexibility index (Phi) is 7.94. The quantitative estimate of drug-likeness (QED) is 0.369. The zero-order chi connectivity index (χ0) is 19.8. The van der Waals surface area contributed by atoms with Gasteiger partial charge in [0.15, 0.2) is 5.96 Å². The SMILES string of the molecule is CN=C(NCCCC(=O)NC1CC1)N1CCN(CC(=O)N2CCCCC2)CC1. The molecule has 0 aromatic rings. The summed E-state index contributed by atoms with van der Waals surface area (Å²) >= 11 is 0. The number of carbonyl (C=O) groups excluding carboxylic acids is 2. The zero-order valence-corrected chi connectivity index (χ0v) is 17.3. The first-order valence-electron chi connectivity index (χ1n) is 10.9. The molecular formula is C20H36N6O2. The summed E-state index contributed by atoms with van der Waals surface area (Å²) in [7, 11) is 1.80. The van der Waals surface area contributed by atoms with E-state index in [9.17, 15) is 9.59 Å². The molecule has 0 unspecified atom stereocenters. The summed E-state index contributed by atoms with van der Waals surface area (Å²) < 4.78 is 0. The number of guanidine groups is 1. The molecule has 0 aromatic carbocycles. The highest BCUT2D eigenvalue weighted by atomic mass is 16.2. The van der Waals surface area contributed by atoms with Crippen LogP contribution in [0.5, 0.6) is 0 Å². The van der Waals surface area contributed by atoms with Gasteiger partial charge in [-0.25, -0.2) is 0 Å². The molecule has 8 heteroatoms. The lowest BCUT2D eigenvalue weighted by Crippen LogP contribution is -2.54. The third-order valence-corrected chi connectivity index (χ3v) is 5.76. The highest BCUT2D eigenvalue weighted by Crippen LogP contribution is 2.18. The molecule has 2 aliphatic heterocycles. The van der Waals surface area contributed by atoms with Crippen LogP contribution in [0.2, 0.25) is 0 Å². The minimum atomic E-state index is 0.159. The van der Waals surface area contributed by atoms with Gasteiger partial charge in [0.25, 0.3) is 0 Å². The van der Waals surface area contributed by atoms with Gasteiger partial charge in [0, 0.05) is 65.3 Å². The van der Waals surface area contributed by atoms with Crippen molar-refractivity contribution in [3.8, 4) is 0 Å². The second-order valence-corrected chi connectivity index (χ2v) is 8.12. The highest BCUT2D eigenvalue weighted by molar-refractivity contribution is 5.80. The first-order valence-corrected chi connectivity index (χ1v) is 10.9. The summed E-state index contributed by atoms with van der Waals surface area (Å²) in [4.78, 5) is 35.1. The van der Waals surface area contributed by atoms with Crippen molar-refractivity contribution in [2.45, 2.75) is 51.0 Å². The molecule has 0 bridgehead atoms. The Bertz CT molecular complexity index is 549. The van der Waals surface area contributed by atoms with E-state index in [1.165, 1.54) is 6.42 Å². The predicted molar refractivity (Wildman–Crippen MR) is 110 cm³/mol. The molecule has 0 spiro atoms. The third kappa shape index (κ3) is 6.65. The second kappa shape index (κ2) is 10.6. The normalized spacial score (nSPS) is 21.5. The smallest absolute Gasteiger partial charge is 0.236 e. The van der Waals surface area contributed by atoms with Gasteiger partial charge in [-0.3, -0.25) is 19.5 Å². The van der Waals surface area contributed by atoms with Crippen LogP contribution in [-0.2, 0) is 9.59 Å². The molecule has 3 aliphatic rings. The number of hydrogen-bond acceptors (Lipinski definition) is 4. The maximum absolute atomic E-state index is 12.4. The number of amides is 2. The number of rotatable bonds is 7. The van der Waals surface area contributed by atoms with Crippen LogP contribution in [0.25, 0.3) is 0 Å². The summed E-state index contributed by atoms with van der Waals surface area (Å²) in [5.41, 5.74) is 0. The van der Waals surface area contributed by atoms with E-state index in [0.29, 0.717) is 19.0 Å². The van der Waals surface area contributed by atoms with E-state index < -0.39 is 0 Å². The van der Waals surface area contributed by atoms with Crippen LogP contribution >= 0.6 is 0 Å². The second-order valence-electron chi connectivity index (χ2n) is 8.12. The van der Waals surface area contributed by atoms with Gasteiger partial charge in [0.2, 0.25) is 11.8 Å². The zero-order valence-electron chi connectivity index (χ0n) is 17.3. The van der Waals surface area contributed by atoms with Crippen molar-refractivity contribution in [3.63, 3.8) is 0 Å². The number of nitrogens with zero attached hydrogens (tertiary/aromatic N) is 4. The van der Waals surface area contributed by atoms with E-state index in [4.69, 9.17) is 0 Å². The molecule has 0 atom stereocenters. The van der Waals surface area contributed by atoms with Crippen molar-refractivity contribution >= 4 is 17.8 Å². The molecule has 1 saturated carbocycles. The van der Waals surface area contributed by atoms with Gasteiger partial charge in [-0.2, -0.15) is 0 Å². The molecule has 2 amide bonds. The minimum absolute atomic E-state index is 0.159. The van der Waals surface area contributed by atoms with Crippen molar-refractivity contribution < 1.29 is 9.59 Å². The van der Waals surface area contributed by atoms with E-state index in [1.807, 2.05) is 4.90 Å². The maximum Gasteiger partial charge on any atom is 0.236 e. The summed E-state index contributed by atoms with van der Waals surface area (Å²) in [5.74, 6) is 1.33. The van der Waals surface area contributed by atoms with Gasteiger partial charge in [0.05, 0.1) is 6.54 Å². The molecule has 0 aromatic heterocycles. The molecule has 1 aliphatic carbocycles. The van der Waals surface area contributed by atoms with Crippen LogP contribution in [0.15, 0.2) is 4.99 Å². The van der Waals surface area contributed by atoms with E-state index in [2.05, 4.69) is 25.4 Å². The molecule has 8 nitrogen and oxygen atoms in total. The van der Waals surface area contributed by atoms with Crippen molar-refractivity contribution in [1.29, 1.82) is 0 Å². The lowest BCUT2D eigenvalue weighted by Gasteiger charge is -2.37. The average Bonchev–Trinajstić information content (AvgIpc) is 3.53. The van der Waals surface area contributed by atoms with Gasteiger partial charge >= 0.3 is 0 Å². The van der Waals surface area contributed by atoms with Gasteiger partial charge < -0.3 is 20.4 Å². The van der Waals surface area contributed by atoms with Crippen molar-refractivity contribution in [2.24, 2.45) is 4.99 Å². The topological polar surface area (TPSA) is 80.3 Å². The van der Waals surface area contributed by atoms with Crippen LogP contribution in [0.4, 0.5) is 0 Å². The number of piperazine rings is 1. The molecule has 2 N–H and O–H groups in total. The molecule has 158 valence electrons. The largest absolute Gasteiger partial charge is 0.356 e. The van der Waals surface area contributed by atoms with Gasteiger partial charge in [-0.05, 0) is 38.5 Å². The Hall–Kier alpha value is -1.83. The Morgan fingerprint density at radius 3 is 2.32 bits per heavy atom. The number of hydrogen-bond donors (Lipinski definition) is 2. The van der Waals surface area contributed by atoms with Gasteiger partial charge in [0.1, 0.15) is 0 Å². The van der Waals surface area contributed by atoms with Gasteiger partial charge in [-0.15, -0.1) is 0 Å². The average molecular weight is 393 g/mol. The van der Waals surface area contributed by atoms with Gasteiger partial charge in [-0.1, -0.05) is 0 Å². The Morgan fingerprint density at radius 1 is 0.964 bits per heavy atom. The fourth-order valence-electron chi connectivity index (χ4n) is 3.86. The number of aliphatic imine (C=N–C) groups is 1. The Balaban J connectivity index is 1.30. The monoisotopic (exact) mass is 392 g/mol. The molecule has 2 saturated heterocycles. The van der Waals surface area contributed by atoms with Crippen LogP contribution < -0.4 is 10.6 Å². The first kappa shape index (κ1) is 20.9. The number of likely N-dealkylation sites (tertiary alicyclic amines) is 1.